The van der Waals surface area contributed by atoms with Gasteiger partial charge in [0.1, 0.15) is 6.33 Å². The van der Waals surface area contributed by atoms with Crippen molar-refractivity contribution in [3.8, 4) is 0 Å². The highest BCUT2D eigenvalue weighted by molar-refractivity contribution is 5.43. The summed E-state index contributed by atoms with van der Waals surface area (Å²) < 4.78 is 3.67. The predicted molar refractivity (Wildman–Crippen MR) is 96.8 cm³/mol. The number of aromatic nitrogens is 6. The van der Waals surface area contributed by atoms with E-state index in [0.717, 1.165) is 23.5 Å². The molecule has 0 aliphatic heterocycles. The first-order valence-electron chi connectivity index (χ1n) is 8.57. The van der Waals surface area contributed by atoms with E-state index in [2.05, 4.69) is 62.2 Å². The van der Waals surface area contributed by atoms with Crippen LogP contribution < -0.4 is 0 Å². The van der Waals surface area contributed by atoms with Crippen LogP contribution in [-0.2, 0) is 11.8 Å². The maximum atomic E-state index is 4.69. The third-order valence-corrected chi connectivity index (χ3v) is 4.73. The number of hydrogen-bond donors (Lipinski definition) is 0. The smallest absolute Gasteiger partial charge is 0.155 e. The molecule has 0 saturated carbocycles. The van der Waals surface area contributed by atoms with Gasteiger partial charge in [-0.1, -0.05) is 33.8 Å². The zero-order valence-corrected chi connectivity index (χ0v) is 15.0. The van der Waals surface area contributed by atoms with E-state index in [-0.39, 0.29) is 5.41 Å². The standard InChI is InChI=1S/C19H22N6/c1-13(2)14-5-6-17-22-16(23-25(17)11-14)10-19(3,4)15-7-8-24-18(9-15)20-12-21-24/h5-9,11-13H,10H2,1-4H3. The Hall–Kier alpha value is -2.76. The molecule has 0 amide bonds. The average molecular weight is 334 g/mol. The van der Waals surface area contributed by atoms with Gasteiger partial charge in [0.25, 0.3) is 0 Å². The fourth-order valence-electron chi connectivity index (χ4n) is 3.10. The van der Waals surface area contributed by atoms with Gasteiger partial charge in [0, 0.05) is 18.8 Å². The lowest BCUT2D eigenvalue weighted by atomic mass is 9.82. The maximum Gasteiger partial charge on any atom is 0.155 e. The van der Waals surface area contributed by atoms with Crippen molar-refractivity contribution in [2.75, 3.05) is 0 Å². The van der Waals surface area contributed by atoms with E-state index in [1.165, 1.54) is 11.1 Å². The lowest BCUT2D eigenvalue weighted by Crippen LogP contribution is -2.21. The molecule has 4 rings (SSSR count). The lowest BCUT2D eigenvalue weighted by Gasteiger charge is -2.23. The first-order chi connectivity index (χ1) is 11.9. The molecule has 0 aliphatic carbocycles. The number of pyridine rings is 2. The summed E-state index contributed by atoms with van der Waals surface area (Å²) >= 11 is 0. The summed E-state index contributed by atoms with van der Waals surface area (Å²) in [5.74, 6) is 1.33. The Morgan fingerprint density at radius 3 is 2.72 bits per heavy atom. The minimum absolute atomic E-state index is 0.0977. The first-order valence-corrected chi connectivity index (χ1v) is 8.57. The fourth-order valence-corrected chi connectivity index (χ4v) is 3.10. The van der Waals surface area contributed by atoms with Gasteiger partial charge in [-0.2, -0.15) is 10.2 Å². The number of rotatable bonds is 4. The Balaban J connectivity index is 1.66. The molecule has 6 heteroatoms. The largest absolute Gasteiger partial charge is 0.221 e. The summed E-state index contributed by atoms with van der Waals surface area (Å²) in [7, 11) is 0. The SMILES string of the molecule is CC(C)c1ccc2nc(CC(C)(C)c3ccn4ncnc4c3)nn2c1. The second-order valence-electron chi connectivity index (χ2n) is 7.49. The predicted octanol–water partition coefficient (Wildman–Crippen LogP) is 3.42. The van der Waals surface area contributed by atoms with Crippen LogP contribution in [0.5, 0.6) is 0 Å². The Bertz CT molecular complexity index is 1040. The molecule has 0 atom stereocenters. The molecular weight excluding hydrogens is 312 g/mol. The summed E-state index contributed by atoms with van der Waals surface area (Å²) in [6, 6.07) is 8.35. The van der Waals surface area contributed by atoms with Crippen LogP contribution in [0.15, 0.2) is 43.0 Å². The molecule has 0 saturated heterocycles. The van der Waals surface area contributed by atoms with Gasteiger partial charge in [-0.25, -0.2) is 19.0 Å². The molecule has 4 heterocycles. The van der Waals surface area contributed by atoms with Crippen LogP contribution in [0.4, 0.5) is 0 Å². The fraction of sp³-hybridized carbons (Fsp3) is 0.368. The highest BCUT2D eigenvalue weighted by Gasteiger charge is 2.24. The quantitative estimate of drug-likeness (QED) is 0.574. The molecule has 4 aromatic rings. The summed E-state index contributed by atoms with van der Waals surface area (Å²) in [6.07, 6.45) is 6.36. The van der Waals surface area contributed by atoms with Crippen LogP contribution in [-0.4, -0.2) is 29.2 Å². The van der Waals surface area contributed by atoms with Gasteiger partial charge in [-0.05, 0) is 40.7 Å². The Morgan fingerprint density at radius 1 is 1.08 bits per heavy atom. The van der Waals surface area contributed by atoms with Crippen LogP contribution in [0.3, 0.4) is 0 Å². The monoisotopic (exact) mass is 334 g/mol. The van der Waals surface area contributed by atoms with Crippen LogP contribution in [0.25, 0.3) is 11.3 Å². The van der Waals surface area contributed by atoms with Gasteiger partial charge in [0.2, 0.25) is 0 Å². The minimum Gasteiger partial charge on any atom is -0.221 e. The Morgan fingerprint density at radius 2 is 1.92 bits per heavy atom. The average Bonchev–Trinajstić information content (AvgIpc) is 3.18. The zero-order valence-electron chi connectivity index (χ0n) is 15.0. The van der Waals surface area contributed by atoms with Crippen molar-refractivity contribution < 1.29 is 0 Å². The third kappa shape index (κ3) is 2.88. The Labute approximate surface area is 146 Å². The van der Waals surface area contributed by atoms with E-state index in [1.54, 1.807) is 10.8 Å². The summed E-state index contributed by atoms with van der Waals surface area (Å²) in [4.78, 5) is 8.97. The van der Waals surface area contributed by atoms with Gasteiger partial charge in [-0.15, -0.1) is 0 Å². The number of nitrogens with zero attached hydrogens (tertiary/aromatic N) is 6. The molecule has 0 spiro atoms. The van der Waals surface area contributed by atoms with Crippen molar-refractivity contribution in [1.82, 2.24) is 29.2 Å². The molecule has 6 nitrogen and oxygen atoms in total. The van der Waals surface area contributed by atoms with Crippen LogP contribution in [0.1, 0.15) is 50.6 Å². The second-order valence-corrected chi connectivity index (χ2v) is 7.49. The normalized spacial score (nSPS) is 12.5. The highest BCUT2D eigenvalue weighted by Crippen LogP contribution is 2.27. The van der Waals surface area contributed by atoms with Gasteiger partial charge >= 0.3 is 0 Å². The van der Waals surface area contributed by atoms with Crippen molar-refractivity contribution in [3.05, 3.63) is 59.9 Å². The van der Waals surface area contributed by atoms with Crippen molar-refractivity contribution in [2.24, 2.45) is 0 Å². The molecule has 4 aromatic heterocycles. The highest BCUT2D eigenvalue weighted by atomic mass is 15.3. The summed E-state index contributed by atoms with van der Waals surface area (Å²) in [6.45, 7) is 8.78. The van der Waals surface area contributed by atoms with Crippen LogP contribution in [0, 0.1) is 0 Å². The third-order valence-electron chi connectivity index (χ3n) is 4.73. The van der Waals surface area contributed by atoms with E-state index in [4.69, 9.17) is 10.1 Å². The summed E-state index contributed by atoms with van der Waals surface area (Å²) in [5, 5.41) is 8.85. The summed E-state index contributed by atoms with van der Waals surface area (Å²) in [5.41, 5.74) is 4.12. The van der Waals surface area contributed by atoms with Crippen molar-refractivity contribution in [2.45, 2.75) is 45.4 Å². The van der Waals surface area contributed by atoms with E-state index in [9.17, 15) is 0 Å². The van der Waals surface area contributed by atoms with Crippen LogP contribution >= 0.6 is 0 Å². The van der Waals surface area contributed by atoms with Crippen molar-refractivity contribution in [3.63, 3.8) is 0 Å². The van der Waals surface area contributed by atoms with E-state index in [1.807, 2.05) is 16.8 Å². The molecule has 0 fully saturated rings. The van der Waals surface area contributed by atoms with E-state index < -0.39 is 0 Å². The number of fused-ring (bicyclic) bond motifs is 2. The molecule has 0 radical (unpaired) electrons. The molecule has 0 aliphatic rings. The second kappa shape index (κ2) is 5.65. The van der Waals surface area contributed by atoms with Crippen LogP contribution in [0.2, 0.25) is 0 Å². The van der Waals surface area contributed by atoms with Crippen molar-refractivity contribution >= 4 is 11.3 Å². The zero-order chi connectivity index (χ0) is 17.6. The molecule has 0 N–H and O–H groups in total. The van der Waals surface area contributed by atoms with Crippen molar-refractivity contribution in [1.29, 1.82) is 0 Å². The molecule has 0 bridgehead atoms. The van der Waals surface area contributed by atoms with Gasteiger partial charge in [0.15, 0.2) is 17.1 Å². The molecule has 25 heavy (non-hydrogen) atoms. The van der Waals surface area contributed by atoms with E-state index >= 15 is 0 Å². The molecule has 0 aromatic carbocycles. The topological polar surface area (TPSA) is 60.4 Å². The molecule has 128 valence electrons. The Kier molecular flexibility index (Phi) is 3.56. The van der Waals surface area contributed by atoms with Gasteiger partial charge < -0.3 is 0 Å². The maximum absolute atomic E-state index is 4.69. The molecule has 0 unspecified atom stereocenters. The first kappa shape index (κ1) is 15.7. The molecular formula is C19H22N6. The number of hydrogen-bond acceptors (Lipinski definition) is 4. The lowest BCUT2D eigenvalue weighted by molar-refractivity contribution is 0.506. The van der Waals surface area contributed by atoms with Gasteiger partial charge in [-0.3, -0.25) is 0 Å². The van der Waals surface area contributed by atoms with E-state index in [0.29, 0.717) is 5.92 Å². The minimum atomic E-state index is -0.0977. The van der Waals surface area contributed by atoms with Gasteiger partial charge in [0.05, 0.1) is 0 Å².